The van der Waals surface area contributed by atoms with Crippen LogP contribution >= 0.6 is 0 Å². The number of nitrogens with one attached hydrogen (secondary N) is 2. The van der Waals surface area contributed by atoms with Crippen molar-refractivity contribution in [3.05, 3.63) is 39.4 Å². The summed E-state index contributed by atoms with van der Waals surface area (Å²) in [5.74, 6) is -0.240. The lowest BCUT2D eigenvalue weighted by atomic mass is 10.0. The van der Waals surface area contributed by atoms with E-state index in [4.69, 9.17) is 0 Å². The molecule has 0 saturated heterocycles. The zero-order valence-corrected chi connectivity index (χ0v) is 16.7. The summed E-state index contributed by atoms with van der Waals surface area (Å²) in [4.78, 5) is 39.0. The maximum atomic E-state index is 12.6. The van der Waals surface area contributed by atoms with E-state index in [9.17, 15) is 14.4 Å². The number of allylic oxidation sites excluding steroid dienone is 1. The number of Topliss-reactive ketones (excluding diaryl/α,β-unsaturated/α-hetero) is 1. The topological polar surface area (TPSA) is 88.3 Å². The molecule has 0 aromatic carbocycles. The van der Waals surface area contributed by atoms with E-state index in [1.54, 1.807) is 0 Å². The molecule has 0 aliphatic carbocycles. The molecule has 0 spiro atoms. The lowest BCUT2D eigenvalue weighted by Gasteiger charge is -2.03. The highest BCUT2D eigenvalue weighted by molar-refractivity contribution is 6.02. The summed E-state index contributed by atoms with van der Waals surface area (Å²) in [6.45, 7) is 7.68. The molecule has 0 radical (unpaired) electrons. The number of carbonyl (C=O) groups excluding carboxylic acids is 3. The molecule has 27 heavy (non-hydrogen) atoms. The first-order valence-corrected chi connectivity index (χ1v) is 9.32. The van der Waals surface area contributed by atoms with Gasteiger partial charge in [-0.1, -0.05) is 6.92 Å². The largest absolute Gasteiger partial charge is 0.469 e. The van der Waals surface area contributed by atoms with Gasteiger partial charge in [0.25, 0.3) is 5.91 Å². The Kier molecular flexibility index (Phi) is 6.77. The Balaban J connectivity index is 2.14. The number of amides is 1. The number of methoxy groups -OCH3 is 1. The van der Waals surface area contributed by atoms with E-state index in [-0.39, 0.29) is 17.7 Å². The third-order valence-electron chi connectivity index (χ3n) is 5.04. The second-order valence-corrected chi connectivity index (χ2v) is 6.84. The molecular weight excluding hydrogens is 344 g/mol. The van der Waals surface area contributed by atoms with Crippen LogP contribution in [0.5, 0.6) is 0 Å². The lowest BCUT2D eigenvalue weighted by molar-refractivity contribution is -0.140. The van der Waals surface area contributed by atoms with Gasteiger partial charge in [0.05, 0.1) is 7.11 Å². The molecule has 2 rings (SSSR count). The van der Waals surface area contributed by atoms with Gasteiger partial charge in [0.2, 0.25) is 0 Å². The zero-order chi connectivity index (χ0) is 20.1. The Labute approximate surface area is 160 Å². The number of aryl methyl sites for hydroxylation is 1. The van der Waals surface area contributed by atoms with Gasteiger partial charge in [-0.2, -0.15) is 0 Å². The van der Waals surface area contributed by atoms with Crippen LogP contribution in [-0.2, 0) is 14.3 Å². The number of carbonyl (C=O) groups is 3. The predicted molar refractivity (Wildman–Crippen MR) is 104 cm³/mol. The molecule has 0 atom stereocenters. The van der Waals surface area contributed by atoms with Crippen LogP contribution in [0.4, 0.5) is 0 Å². The van der Waals surface area contributed by atoms with Crippen molar-refractivity contribution in [3.8, 4) is 0 Å². The van der Waals surface area contributed by atoms with Gasteiger partial charge in [0, 0.05) is 41.1 Å². The Morgan fingerprint density at radius 2 is 1.78 bits per heavy atom. The van der Waals surface area contributed by atoms with Crippen LogP contribution in [0.1, 0.15) is 73.3 Å². The predicted octanol–water partition coefficient (Wildman–Crippen LogP) is 3.74. The van der Waals surface area contributed by atoms with E-state index >= 15 is 0 Å². The molecule has 6 heteroatoms. The fraction of sp³-hybridized carbons (Fsp3) is 0.476. The van der Waals surface area contributed by atoms with Gasteiger partial charge in [-0.3, -0.25) is 14.4 Å². The van der Waals surface area contributed by atoms with Gasteiger partial charge in [-0.15, -0.1) is 0 Å². The second-order valence-electron chi connectivity index (χ2n) is 6.84. The van der Waals surface area contributed by atoms with Gasteiger partial charge < -0.3 is 15.0 Å². The molecule has 1 aliphatic heterocycles. The minimum atomic E-state index is -0.251. The fourth-order valence-corrected chi connectivity index (χ4v) is 3.46. The first-order valence-electron chi connectivity index (χ1n) is 9.32. The van der Waals surface area contributed by atoms with Crippen LogP contribution in [0.25, 0.3) is 6.08 Å². The monoisotopic (exact) mass is 372 g/mol. The van der Waals surface area contributed by atoms with Crippen LogP contribution in [0.15, 0.2) is 16.8 Å². The van der Waals surface area contributed by atoms with Crippen molar-refractivity contribution in [2.75, 3.05) is 7.11 Å². The van der Waals surface area contributed by atoms with Crippen LogP contribution in [0.3, 0.4) is 0 Å². The van der Waals surface area contributed by atoms with Gasteiger partial charge in [-0.05, 0) is 57.2 Å². The molecule has 0 fully saturated rings. The second kappa shape index (κ2) is 8.84. The molecule has 1 aromatic heterocycles. The summed E-state index contributed by atoms with van der Waals surface area (Å²) in [6, 6.07) is 0. The Bertz CT molecular complexity index is 827. The average molecular weight is 372 g/mol. The molecule has 1 aromatic rings. The summed E-state index contributed by atoms with van der Waals surface area (Å²) in [7, 11) is 1.36. The van der Waals surface area contributed by atoms with Gasteiger partial charge in [0.1, 0.15) is 0 Å². The first-order chi connectivity index (χ1) is 12.8. The summed E-state index contributed by atoms with van der Waals surface area (Å²) >= 11 is 0. The molecule has 0 bridgehead atoms. The first kappa shape index (κ1) is 20.7. The van der Waals surface area contributed by atoms with Crippen molar-refractivity contribution in [2.45, 2.75) is 59.8 Å². The van der Waals surface area contributed by atoms with E-state index < -0.39 is 0 Å². The summed E-state index contributed by atoms with van der Waals surface area (Å²) in [5, 5.41) is 2.90. The third-order valence-corrected chi connectivity index (χ3v) is 5.04. The maximum absolute atomic E-state index is 12.6. The highest BCUT2D eigenvalue weighted by Crippen LogP contribution is 2.27. The number of hydrogen-bond donors (Lipinski definition) is 2. The van der Waals surface area contributed by atoms with Crippen molar-refractivity contribution in [2.24, 2.45) is 0 Å². The Morgan fingerprint density at radius 3 is 2.37 bits per heavy atom. The van der Waals surface area contributed by atoms with Crippen molar-refractivity contribution < 1.29 is 19.1 Å². The third kappa shape index (κ3) is 4.56. The standard InChI is InChI=1S/C21H28N2O4/c1-6-15-12(2)16(23-21(15)26)11-17-13(3)20(14(4)22-17)18(24)9-7-8-10-19(25)27-5/h11,22H,6-10H2,1-5H3,(H,23,26)/b16-11-. The van der Waals surface area contributed by atoms with E-state index in [2.05, 4.69) is 15.0 Å². The van der Waals surface area contributed by atoms with Gasteiger partial charge in [-0.25, -0.2) is 0 Å². The minimum Gasteiger partial charge on any atom is -0.469 e. The normalized spacial score (nSPS) is 15.4. The maximum Gasteiger partial charge on any atom is 0.305 e. The molecule has 1 amide bonds. The highest BCUT2D eigenvalue weighted by Gasteiger charge is 2.24. The lowest BCUT2D eigenvalue weighted by Crippen LogP contribution is -2.16. The molecule has 2 N–H and O–H groups in total. The number of H-pyrrole nitrogens is 1. The number of aromatic nitrogens is 1. The average Bonchev–Trinajstić information content (AvgIpc) is 3.06. The Morgan fingerprint density at radius 1 is 1.11 bits per heavy atom. The number of hydrogen-bond acceptors (Lipinski definition) is 4. The molecule has 2 heterocycles. The van der Waals surface area contributed by atoms with Crippen molar-refractivity contribution in [1.29, 1.82) is 0 Å². The molecular formula is C21H28N2O4. The quantitative estimate of drug-likeness (QED) is 0.413. The minimum absolute atomic E-state index is 0.0518. The van der Waals surface area contributed by atoms with Gasteiger partial charge in [0.15, 0.2) is 5.78 Å². The summed E-state index contributed by atoms with van der Waals surface area (Å²) in [6.07, 6.45) is 4.58. The summed E-state index contributed by atoms with van der Waals surface area (Å²) in [5.41, 5.74) is 5.75. The number of aromatic amines is 1. The van der Waals surface area contributed by atoms with E-state index in [0.717, 1.165) is 33.8 Å². The number of ketones is 1. The summed E-state index contributed by atoms with van der Waals surface area (Å²) < 4.78 is 4.61. The van der Waals surface area contributed by atoms with Crippen LogP contribution < -0.4 is 5.32 Å². The van der Waals surface area contributed by atoms with E-state index in [0.29, 0.717) is 37.7 Å². The molecule has 6 nitrogen and oxygen atoms in total. The molecule has 146 valence electrons. The number of ether oxygens (including phenoxy) is 1. The van der Waals surface area contributed by atoms with Crippen molar-refractivity contribution >= 4 is 23.7 Å². The highest BCUT2D eigenvalue weighted by atomic mass is 16.5. The van der Waals surface area contributed by atoms with Crippen LogP contribution in [0.2, 0.25) is 0 Å². The van der Waals surface area contributed by atoms with Crippen molar-refractivity contribution in [1.82, 2.24) is 10.3 Å². The van der Waals surface area contributed by atoms with Crippen molar-refractivity contribution in [3.63, 3.8) is 0 Å². The smallest absolute Gasteiger partial charge is 0.305 e. The number of rotatable bonds is 8. The fourth-order valence-electron chi connectivity index (χ4n) is 3.46. The van der Waals surface area contributed by atoms with Crippen LogP contribution in [0, 0.1) is 13.8 Å². The SMILES string of the molecule is CCC1=C(C)/C(=C/c2[nH]c(C)c(C(=O)CCCCC(=O)OC)c2C)NC1=O. The zero-order valence-electron chi connectivity index (χ0n) is 16.7. The molecule has 0 saturated carbocycles. The van der Waals surface area contributed by atoms with Gasteiger partial charge >= 0.3 is 5.97 Å². The van der Waals surface area contributed by atoms with E-state index in [1.165, 1.54) is 7.11 Å². The number of esters is 1. The molecule has 0 unspecified atom stereocenters. The molecule has 1 aliphatic rings. The van der Waals surface area contributed by atoms with E-state index in [1.807, 2.05) is 33.8 Å². The number of unbranched alkanes of at least 4 members (excludes halogenated alkanes) is 1. The Hall–Kier alpha value is -2.63. The van der Waals surface area contributed by atoms with Crippen LogP contribution in [-0.4, -0.2) is 29.8 Å².